The van der Waals surface area contributed by atoms with Gasteiger partial charge >= 0.3 is 12.1 Å². The number of carbonyl (C=O) groups excluding carboxylic acids is 5. The highest BCUT2D eigenvalue weighted by molar-refractivity contribution is 5.99. The van der Waals surface area contributed by atoms with Gasteiger partial charge in [-0.15, -0.1) is 0 Å². The average molecular weight is 518 g/mol. The van der Waals surface area contributed by atoms with Crippen molar-refractivity contribution in [2.24, 2.45) is 0 Å². The second-order valence-electron chi connectivity index (χ2n) is 8.94. The van der Waals surface area contributed by atoms with Crippen molar-refractivity contribution in [1.29, 1.82) is 0 Å². The molecule has 0 aliphatic heterocycles. The van der Waals surface area contributed by atoms with Gasteiger partial charge in [-0.05, 0) is 52.8 Å². The van der Waals surface area contributed by atoms with Crippen LogP contribution < -0.4 is 21.3 Å². The Kier molecular flexibility index (Phi) is 9.75. The lowest BCUT2D eigenvalue weighted by atomic mass is 10.1. The van der Waals surface area contributed by atoms with E-state index in [1.807, 2.05) is 0 Å². The molecular formula is C24H31N5O8. The van der Waals surface area contributed by atoms with Crippen molar-refractivity contribution in [2.75, 3.05) is 25.5 Å². The standard InChI is InChI=1S/C24H31N5O8/c1-13-19(14(2)37-29-13)21(32)28-17(22(33)35-6)11-25-18(30)12-26-20(31)15-8-7-9-16(10-15)27-23(34)36-24(3,4)5/h7-10,17H,11-12H2,1-6H3,(H,25,30)(H,26,31)(H,27,34)(H,28,32)/t17-/m0/s1. The van der Waals surface area contributed by atoms with Crippen LogP contribution in [0.4, 0.5) is 10.5 Å². The van der Waals surface area contributed by atoms with Gasteiger partial charge in [-0.1, -0.05) is 11.2 Å². The number of amides is 4. The molecule has 1 atom stereocenters. The number of nitrogens with zero attached hydrogens (tertiary/aromatic N) is 1. The van der Waals surface area contributed by atoms with Gasteiger partial charge in [-0.25, -0.2) is 9.59 Å². The lowest BCUT2D eigenvalue weighted by Gasteiger charge is -2.19. The Bertz CT molecular complexity index is 1150. The van der Waals surface area contributed by atoms with E-state index in [1.54, 1.807) is 46.8 Å². The summed E-state index contributed by atoms with van der Waals surface area (Å²) in [6, 6.07) is 4.88. The third-order valence-corrected chi connectivity index (χ3v) is 4.73. The van der Waals surface area contributed by atoms with Crippen LogP contribution in [-0.4, -0.2) is 66.8 Å². The molecule has 2 aromatic rings. The van der Waals surface area contributed by atoms with Crippen LogP contribution in [0, 0.1) is 13.8 Å². The van der Waals surface area contributed by atoms with Crippen molar-refractivity contribution >= 4 is 35.5 Å². The number of methoxy groups -OCH3 is 1. The third-order valence-electron chi connectivity index (χ3n) is 4.73. The molecule has 4 N–H and O–H groups in total. The van der Waals surface area contributed by atoms with Crippen LogP contribution in [-0.2, 0) is 19.1 Å². The first kappa shape index (κ1) is 28.8. The molecule has 1 aromatic heterocycles. The number of ether oxygens (including phenoxy) is 2. The molecule has 200 valence electrons. The van der Waals surface area contributed by atoms with Crippen molar-refractivity contribution in [3.8, 4) is 0 Å². The van der Waals surface area contributed by atoms with Gasteiger partial charge in [-0.2, -0.15) is 0 Å². The molecular weight excluding hydrogens is 486 g/mol. The topological polar surface area (TPSA) is 178 Å². The van der Waals surface area contributed by atoms with Crippen molar-refractivity contribution in [3.63, 3.8) is 0 Å². The lowest BCUT2D eigenvalue weighted by Crippen LogP contribution is -2.50. The number of benzene rings is 1. The normalized spacial score (nSPS) is 11.6. The highest BCUT2D eigenvalue weighted by Crippen LogP contribution is 2.14. The van der Waals surface area contributed by atoms with Gasteiger partial charge in [0.1, 0.15) is 23.0 Å². The fraction of sp³-hybridized carbons (Fsp3) is 0.417. The number of aryl methyl sites for hydroxylation is 2. The second-order valence-corrected chi connectivity index (χ2v) is 8.94. The predicted octanol–water partition coefficient (Wildman–Crippen LogP) is 1.46. The molecule has 0 spiro atoms. The summed E-state index contributed by atoms with van der Waals surface area (Å²) in [6.07, 6.45) is -0.675. The van der Waals surface area contributed by atoms with E-state index in [-0.39, 0.29) is 23.4 Å². The van der Waals surface area contributed by atoms with Gasteiger partial charge in [0.25, 0.3) is 11.8 Å². The summed E-state index contributed by atoms with van der Waals surface area (Å²) >= 11 is 0. The highest BCUT2D eigenvalue weighted by atomic mass is 16.6. The van der Waals surface area contributed by atoms with Gasteiger partial charge in [-0.3, -0.25) is 19.7 Å². The van der Waals surface area contributed by atoms with Crippen LogP contribution in [0.5, 0.6) is 0 Å². The maximum absolute atomic E-state index is 12.5. The first-order chi connectivity index (χ1) is 17.3. The summed E-state index contributed by atoms with van der Waals surface area (Å²) in [7, 11) is 1.14. The summed E-state index contributed by atoms with van der Waals surface area (Å²) in [5.41, 5.74) is 0.365. The highest BCUT2D eigenvalue weighted by Gasteiger charge is 2.26. The SMILES string of the molecule is COC(=O)[C@H](CNC(=O)CNC(=O)c1cccc(NC(=O)OC(C)(C)C)c1)NC(=O)c1c(C)noc1C. The minimum atomic E-state index is -1.19. The Morgan fingerprint density at radius 2 is 1.76 bits per heavy atom. The Balaban J connectivity index is 1.90. The van der Waals surface area contributed by atoms with E-state index in [2.05, 4.69) is 26.4 Å². The minimum absolute atomic E-state index is 0.177. The molecule has 0 bridgehead atoms. The Labute approximate surface area is 213 Å². The molecule has 0 saturated heterocycles. The van der Waals surface area contributed by atoms with Crippen LogP contribution in [0.25, 0.3) is 0 Å². The number of anilines is 1. The maximum Gasteiger partial charge on any atom is 0.412 e. The zero-order valence-corrected chi connectivity index (χ0v) is 21.5. The van der Waals surface area contributed by atoms with Crippen molar-refractivity contribution in [1.82, 2.24) is 21.1 Å². The monoisotopic (exact) mass is 517 g/mol. The molecule has 0 fully saturated rings. The van der Waals surface area contributed by atoms with Crippen LogP contribution in [0.2, 0.25) is 0 Å². The lowest BCUT2D eigenvalue weighted by molar-refractivity contribution is -0.142. The smallest absolute Gasteiger partial charge is 0.412 e. The molecule has 0 aliphatic carbocycles. The fourth-order valence-corrected chi connectivity index (χ4v) is 3.07. The molecule has 0 saturated carbocycles. The predicted molar refractivity (Wildman–Crippen MR) is 131 cm³/mol. The first-order valence-electron chi connectivity index (χ1n) is 11.3. The number of carbonyl (C=O) groups is 5. The second kappa shape index (κ2) is 12.5. The number of aromatic nitrogens is 1. The number of hydrogen-bond donors (Lipinski definition) is 4. The van der Waals surface area contributed by atoms with Gasteiger partial charge in [0.15, 0.2) is 0 Å². The van der Waals surface area contributed by atoms with Crippen molar-refractivity contribution in [2.45, 2.75) is 46.3 Å². The van der Waals surface area contributed by atoms with Gasteiger partial charge < -0.3 is 29.9 Å². The Morgan fingerprint density at radius 3 is 2.35 bits per heavy atom. The average Bonchev–Trinajstić information content (AvgIpc) is 3.16. The van der Waals surface area contributed by atoms with Gasteiger partial charge in [0.2, 0.25) is 5.91 Å². The van der Waals surface area contributed by atoms with E-state index in [1.165, 1.54) is 12.1 Å². The third kappa shape index (κ3) is 8.94. The minimum Gasteiger partial charge on any atom is -0.467 e. The van der Waals surface area contributed by atoms with Crippen LogP contribution in [0.1, 0.15) is 52.9 Å². The maximum atomic E-state index is 12.5. The van der Waals surface area contributed by atoms with E-state index in [4.69, 9.17) is 14.0 Å². The van der Waals surface area contributed by atoms with E-state index >= 15 is 0 Å². The number of hydrogen-bond acceptors (Lipinski definition) is 9. The largest absolute Gasteiger partial charge is 0.467 e. The quantitative estimate of drug-likeness (QED) is 0.358. The van der Waals surface area contributed by atoms with Crippen LogP contribution >= 0.6 is 0 Å². The molecule has 4 amide bonds. The van der Waals surface area contributed by atoms with E-state index in [9.17, 15) is 24.0 Å². The molecule has 13 nitrogen and oxygen atoms in total. The molecule has 1 aromatic carbocycles. The zero-order valence-electron chi connectivity index (χ0n) is 21.5. The van der Waals surface area contributed by atoms with Crippen LogP contribution in [0.3, 0.4) is 0 Å². The van der Waals surface area contributed by atoms with Crippen LogP contribution in [0.15, 0.2) is 28.8 Å². The molecule has 37 heavy (non-hydrogen) atoms. The summed E-state index contributed by atoms with van der Waals surface area (Å²) in [6.45, 7) is 7.60. The van der Waals surface area contributed by atoms with E-state index in [0.717, 1.165) is 7.11 Å². The number of esters is 1. The molecule has 0 radical (unpaired) electrons. The molecule has 0 unspecified atom stereocenters. The summed E-state index contributed by atoms with van der Waals surface area (Å²) in [5, 5.41) is 13.6. The molecule has 1 heterocycles. The van der Waals surface area contributed by atoms with Gasteiger partial charge in [0.05, 0.1) is 19.3 Å². The number of rotatable bonds is 9. The summed E-state index contributed by atoms with van der Waals surface area (Å²) in [5.74, 6) is -2.31. The van der Waals surface area contributed by atoms with Gasteiger partial charge in [0, 0.05) is 17.8 Å². The molecule has 13 heteroatoms. The summed E-state index contributed by atoms with van der Waals surface area (Å²) in [4.78, 5) is 61.3. The number of nitrogens with one attached hydrogen (secondary N) is 4. The Hall–Kier alpha value is -4.42. The van der Waals surface area contributed by atoms with E-state index < -0.39 is 48.0 Å². The molecule has 2 rings (SSSR count). The Morgan fingerprint density at radius 1 is 1.05 bits per heavy atom. The van der Waals surface area contributed by atoms with E-state index in [0.29, 0.717) is 11.4 Å². The fourth-order valence-electron chi connectivity index (χ4n) is 3.07. The first-order valence-corrected chi connectivity index (χ1v) is 11.3. The molecule has 0 aliphatic rings. The van der Waals surface area contributed by atoms with Crippen molar-refractivity contribution < 1.29 is 38.0 Å². The zero-order chi connectivity index (χ0) is 27.8. The van der Waals surface area contributed by atoms with Crippen molar-refractivity contribution in [3.05, 3.63) is 46.8 Å². The summed E-state index contributed by atoms with van der Waals surface area (Å²) < 4.78 is 14.8.